The molecule has 1 amide bonds. The van der Waals surface area contributed by atoms with Gasteiger partial charge in [-0.1, -0.05) is 24.3 Å². The van der Waals surface area contributed by atoms with Crippen LogP contribution in [0.3, 0.4) is 0 Å². The molecule has 1 aliphatic rings. The topological polar surface area (TPSA) is 76.1 Å². The van der Waals surface area contributed by atoms with E-state index in [2.05, 4.69) is 0 Å². The Morgan fingerprint density at radius 1 is 1.11 bits per heavy atom. The Kier molecular flexibility index (Phi) is 4.98. The number of carbonyl (C=O) groups is 2. The largest absolute Gasteiger partial charge is 0.507 e. The van der Waals surface area contributed by atoms with E-state index in [0.717, 1.165) is 0 Å². The second-order valence-electron chi connectivity index (χ2n) is 5.91. The minimum Gasteiger partial charge on any atom is -0.507 e. The van der Waals surface area contributed by atoms with Gasteiger partial charge in [-0.15, -0.1) is 0 Å². The standard InChI is InChI=1S/C21H19NO5/c1-13-19(21(25)27-3)17(11-14-7-4-5-10-18(14)23)20(24)22(13)15-8-6-9-16(12-15)26-2/h4-12,23H,1-3H3. The van der Waals surface area contributed by atoms with Crippen LogP contribution in [0.4, 0.5) is 5.69 Å². The molecule has 0 radical (unpaired) electrons. The number of esters is 1. The van der Waals surface area contributed by atoms with Crippen molar-refractivity contribution < 1.29 is 24.2 Å². The predicted molar refractivity (Wildman–Crippen MR) is 101 cm³/mol. The Balaban J connectivity index is 2.16. The van der Waals surface area contributed by atoms with Crippen LogP contribution in [0.25, 0.3) is 6.08 Å². The summed E-state index contributed by atoms with van der Waals surface area (Å²) in [6, 6.07) is 13.6. The normalized spacial score (nSPS) is 15.4. The Hall–Kier alpha value is -3.54. The number of methoxy groups -OCH3 is 2. The summed E-state index contributed by atoms with van der Waals surface area (Å²) in [5, 5.41) is 10.0. The van der Waals surface area contributed by atoms with Gasteiger partial charge in [0.1, 0.15) is 11.5 Å². The molecule has 0 atom stereocenters. The van der Waals surface area contributed by atoms with E-state index in [4.69, 9.17) is 9.47 Å². The Labute approximate surface area is 156 Å². The molecule has 6 heteroatoms. The first kappa shape index (κ1) is 18.3. The van der Waals surface area contributed by atoms with E-state index in [1.165, 1.54) is 31.3 Å². The lowest BCUT2D eigenvalue weighted by molar-refractivity contribution is -0.136. The van der Waals surface area contributed by atoms with Crippen LogP contribution in [0.15, 0.2) is 65.4 Å². The first-order valence-electron chi connectivity index (χ1n) is 8.25. The van der Waals surface area contributed by atoms with Gasteiger partial charge >= 0.3 is 5.97 Å². The van der Waals surface area contributed by atoms with Gasteiger partial charge in [-0.05, 0) is 31.2 Å². The van der Waals surface area contributed by atoms with Crippen molar-refractivity contribution in [3.63, 3.8) is 0 Å². The summed E-state index contributed by atoms with van der Waals surface area (Å²) < 4.78 is 10.1. The first-order chi connectivity index (χ1) is 13.0. The van der Waals surface area contributed by atoms with Gasteiger partial charge in [-0.3, -0.25) is 9.69 Å². The summed E-state index contributed by atoms with van der Waals surface area (Å²) in [6.45, 7) is 1.68. The molecule has 0 aromatic heterocycles. The molecule has 27 heavy (non-hydrogen) atoms. The molecule has 0 fully saturated rings. The molecule has 0 aliphatic carbocycles. The number of amides is 1. The van der Waals surface area contributed by atoms with Gasteiger partial charge in [0, 0.05) is 17.3 Å². The molecular weight excluding hydrogens is 346 g/mol. The number of nitrogens with zero attached hydrogens (tertiary/aromatic N) is 1. The molecule has 0 saturated carbocycles. The average Bonchev–Trinajstić information content (AvgIpc) is 2.93. The predicted octanol–water partition coefficient (Wildman–Crippen LogP) is 3.28. The van der Waals surface area contributed by atoms with Crippen molar-refractivity contribution in [2.45, 2.75) is 6.92 Å². The van der Waals surface area contributed by atoms with Crippen molar-refractivity contribution in [3.05, 3.63) is 70.9 Å². The summed E-state index contributed by atoms with van der Waals surface area (Å²) in [4.78, 5) is 26.9. The van der Waals surface area contributed by atoms with Crippen LogP contribution in [0.5, 0.6) is 11.5 Å². The van der Waals surface area contributed by atoms with Crippen LogP contribution in [-0.4, -0.2) is 31.2 Å². The molecular formula is C21H19NO5. The van der Waals surface area contributed by atoms with Crippen LogP contribution in [0.1, 0.15) is 12.5 Å². The van der Waals surface area contributed by atoms with Gasteiger partial charge in [0.2, 0.25) is 0 Å². The molecule has 1 heterocycles. The molecule has 0 bridgehead atoms. The lowest BCUT2D eigenvalue weighted by Gasteiger charge is -2.18. The number of allylic oxidation sites excluding steroid dienone is 1. The average molecular weight is 365 g/mol. The molecule has 0 unspecified atom stereocenters. The monoisotopic (exact) mass is 365 g/mol. The second-order valence-corrected chi connectivity index (χ2v) is 5.91. The summed E-state index contributed by atoms with van der Waals surface area (Å²) in [5.41, 5.74) is 1.76. The zero-order chi connectivity index (χ0) is 19.6. The SMILES string of the molecule is COC(=O)C1=C(C)N(c2cccc(OC)c2)C(=O)C1=Cc1ccccc1O. The lowest BCUT2D eigenvalue weighted by atomic mass is 10.0. The minimum absolute atomic E-state index is 0.0134. The van der Waals surface area contributed by atoms with Gasteiger partial charge in [-0.25, -0.2) is 4.79 Å². The molecule has 1 aliphatic heterocycles. The zero-order valence-electron chi connectivity index (χ0n) is 15.2. The van der Waals surface area contributed by atoms with Crippen molar-refractivity contribution in [3.8, 4) is 11.5 Å². The van der Waals surface area contributed by atoms with E-state index in [0.29, 0.717) is 22.7 Å². The van der Waals surface area contributed by atoms with Crippen molar-refractivity contribution in [2.24, 2.45) is 0 Å². The summed E-state index contributed by atoms with van der Waals surface area (Å²) >= 11 is 0. The lowest BCUT2D eigenvalue weighted by Crippen LogP contribution is -2.24. The van der Waals surface area contributed by atoms with Gasteiger partial charge in [0.15, 0.2) is 0 Å². The van der Waals surface area contributed by atoms with Crippen LogP contribution in [-0.2, 0) is 14.3 Å². The van der Waals surface area contributed by atoms with E-state index in [9.17, 15) is 14.7 Å². The molecule has 2 aromatic carbocycles. The third-order valence-corrected chi connectivity index (χ3v) is 4.34. The molecule has 0 saturated heterocycles. The Morgan fingerprint density at radius 3 is 2.52 bits per heavy atom. The fourth-order valence-corrected chi connectivity index (χ4v) is 3.01. The van der Waals surface area contributed by atoms with Crippen molar-refractivity contribution in [2.75, 3.05) is 19.1 Å². The quantitative estimate of drug-likeness (QED) is 0.665. The second kappa shape index (κ2) is 7.37. The number of phenolic OH excluding ortho intramolecular Hbond substituents is 1. The maximum atomic E-state index is 13.1. The maximum Gasteiger partial charge on any atom is 0.340 e. The Morgan fingerprint density at radius 2 is 1.85 bits per heavy atom. The zero-order valence-corrected chi connectivity index (χ0v) is 15.2. The minimum atomic E-state index is -0.618. The van der Waals surface area contributed by atoms with Gasteiger partial charge in [0.05, 0.1) is 31.1 Å². The summed E-state index contributed by atoms with van der Waals surface area (Å²) in [5.74, 6) is -0.400. The van der Waals surface area contributed by atoms with E-state index in [1.807, 2.05) is 0 Å². The highest BCUT2D eigenvalue weighted by Crippen LogP contribution is 2.37. The highest BCUT2D eigenvalue weighted by atomic mass is 16.5. The van der Waals surface area contributed by atoms with Crippen LogP contribution >= 0.6 is 0 Å². The van der Waals surface area contributed by atoms with Crippen LogP contribution in [0, 0.1) is 0 Å². The first-order valence-corrected chi connectivity index (χ1v) is 8.25. The number of para-hydroxylation sites is 1. The maximum absolute atomic E-state index is 13.1. The number of hydrogen-bond acceptors (Lipinski definition) is 5. The van der Waals surface area contributed by atoms with Gasteiger partial charge in [0.25, 0.3) is 5.91 Å². The number of carbonyl (C=O) groups excluding carboxylic acids is 2. The molecule has 1 N–H and O–H groups in total. The smallest absolute Gasteiger partial charge is 0.340 e. The summed E-state index contributed by atoms with van der Waals surface area (Å²) in [6.07, 6.45) is 1.49. The van der Waals surface area contributed by atoms with E-state index < -0.39 is 5.97 Å². The molecule has 138 valence electrons. The van der Waals surface area contributed by atoms with Crippen molar-refractivity contribution >= 4 is 23.6 Å². The number of rotatable bonds is 4. The summed E-state index contributed by atoms with van der Waals surface area (Å²) in [7, 11) is 2.80. The van der Waals surface area contributed by atoms with E-state index in [1.54, 1.807) is 49.4 Å². The number of aromatic hydroxyl groups is 1. The number of ether oxygens (including phenoxy) is 2. The van der Waals surface area contributed by atoms with E-state index in [-0.39, 0.29) is 22.8 Å². The number of anilines is 1. The fourth-order valence-electron chi connectivity index (χ4n) is 3.01. The third kappa shape index (κ3) is 3.29. The van der Waals surface area contributed by atoms with Crippen molar-refractivity contribution in [1.29, 1.82) is 0 Å². The highest BCUT2D eigenvalue weighted by molar-refractivity contribution is 6.24. The molecule has 0 spiro atoms. The molecule has 6 nitrogen and oxygen atoms in total. The highest BCUT2D eigenvalue weighted by Gasteiger charge is 2.38. The van der Waals surface area contributed by atoms with E-state index >= 15 is 0 Å². The molecule has 3 rings (SSSR count). The van der Waals surface area contributed by atoms with Gasteiger partial charge in [-0.2, -0.15) is 0 Å². The van der Waals surface area contributed by atoms with Gasteiger partial charge < -0.3 is 14.6 Å². The molecule has 2 aromatic rings. The number of phenols is 1. The van der Waals surface area contributed by atoms with Crippen LogP contribution < -0.4 is 9.64 Å². The number of benzene rings is 2. The number of hydrogen-bond donors (Lipinski definition) is 1. The third-order valence-electron chi connectivity index (χ3n) is 4.34. The van der Waals surface area contributed by atoms with Crippen molar-refractivity contribution in [1.82, 2.24) is 0 Å². The van der Waals surface area contributed by atoms with Crippen LogP contribution in [0.2, 0.25) is 0 Å². The fraction of sp³-hybridized carbons (Fsp3) is 0.143. The Bertz CT molecular complexity index is 974.